The summed E-state index contributed by atoms with van der Waals surface area (Å²) in [5.41, 5.74) is 1.82. The van der Waals surface area contributed by atoms with E-state index in [1.807, 2.05) is 24.3 Å². The zero-order valence-corrected chi connectivity index (χ0v) is 13.9. The van der Waals surface area contributed by atoms with Crippen molar-refractivity contribution in [2.45, 2.75) is 32.4 Å². The van der Waals surface area contributed by atoms with Crippen LogP contribution in [0.4, 0.5) is 0 Å². The lowest BCUT2D eigenvalue weighted by Gasteiger charge is -2.27. The summed E-state index contributed by atoms with van der Waals surface area (Å²) in [6.07, 6.45) is 2.08. The van der Waals surface area contributed by atoms with Crippen LogP contribution < -0.4 is 5.32 Å². The Hall–Kier alpha value is -2.83. The molecular formula is C17H21N3O4. The van der Waals surface area contributed by atoms with E-state index in [1.54, 1.807) is 6.20 Å². The summed E-state index contributed by atoms with van der Waals surface area (Å²) in [4.78, 5) is 39.5. The Balaban J connectivity index is 2.26. The zero-order valence-electron chi connectivity index (χ0n) is 13.9. The highest BCUT2D eigenvalue weighted by Gasteiger charge is 2.29. The van der Waals surface area contributed by atoms with Gasteiger partial charge in [0.15, 0.2) is 0 Å². The van der Waals surface area contributed by atoms with E-state index in [2.05, 4.69) is 10.3 Å². The maximum atomic E-state index is 12.6. The monoisotopic (exact) mass is 331 g/mol. The number of carboxylic acids is 1. The topological polar surface area (TPSA) is 103 Å². The standard InChI is InChI=1S/C17H21N3O4/c1-10(17(23)24)20(3)16(22)15(19-11(2)21)8-12-9-18-14-7-5-4-6-13(12)14/h4-7,9-10,15,18H,8H2,1-3H3,(H,19,21)(H,23,24). The van der Waals surface area contributed by atoms with Gasteiger partial charge in [-0.1, -0.05) is 18.2 Å². The number of carboxylic acid groups (broad SMARTS) is 1. The fourth-order valence-corrected chi connectivity index (χ4v) is 2.57. The molecule has 0 aliphatic rings. The number of aromatic nitrogens is 1. The fourth-order valence-electron chi connectivity index (χ4n) is 2.57. The minimum atomic E-state index is -1.10. The minimum absolute atomic E-state index is 0.277. The Kier molecular flexibility index (Phi) is 5.23. The van der Waals surface area contributed by atoms with E-state index in [9.17, 15) is 14.4 Å². The molecule has 2 unspecified atom stereocenters. The Morgan fingerprint density at radius 1 is 1.29 bits per heavy atom. The van der Waals surface area contributed by atoms with E-state index in [4.69, 9.17) is 5.11 Å². The van der Waals surface area contributed by atoms with Crippen molar-refractivity contribution >= 4 is 28.7 Å². The molecule has 0 fully saturated rings. The molecule has 2 rings (SSSR count). The van der Waals surface area contributed by atoms with Crippen molar-refractivity contribution in [3.05, 3.63) is 36.0 Å². The van der Waals surface area contributed by atoms with Gasteiger partial charge in [0.05, 0.1) is 0 Å². The van der Waals surface area contributed by atoms with Gasteiger partial charge in [0.2, 0.25) is 11.8 Å². The highest BCUT2D eigenvalue weighted by Crippen LogP contribution is 2.19. The number of fused-ring (bicyclic) bond motifs is 1. The molecule has 2 atom stereocenters. The quantitative estimate of drug-likeness (QED) is 0.739. The summed E-state index contributed by atoms with van der Waals surface area (Å²) >= 11 is 0. The van der Waals surface area contributed by atoms with Gasteiger partial charge in [-0.05, 0) is 18.6 Å². The van der Waals surface area contributed by atoms with Crippen molar-refractivity contribution in [3.63, 3.8) is 0 Å². The van der Waals surface area contributed by atoms with E-state index in [1.165, 1.54) is 20.9 Å². The number of nitrogens with one attached hydrogen (secondary N) is 2. The van der Waals surface area contributed by atoms with Crippen LogP contribution in [0, 0.1) is 0 Å². The molecule has 1 aromatic carbocycles. The van der Waals surface area contributed by atoms with Crippen molar-refractivity contribution in [3.8, 4) is 0 Å². The van der Waals surface area contributed by atoms with Gasteiger partial charge in [-0.15, -0.1) is 0 Å². The number of amides is 2. The number of aliphatic carboxylic acids is 1. The van der Waals surface area contributed by atoms with Crippen LogP contribution in [-0.4, -0.2) is 51.9 Å². The largest absolute Gasteiger partial charge is 0.480 e. The van der Waals surface area contributed by atoms with Crippen LogP contribution in [0.25, 0.3) is 10.9 Å². The van der Waals surface area contributed by atoms with Gasteiger partial charge in [-0.25, -0.2) is 4.79 Å². The molecular weight excluding hydrogens is 310 g/mol. The Bertz CT molecular complexity index is 768. The molecule has 7 heteroatoms. The molecule has 2 amide bonds. The molecule has 0 saturated carbocycles. The summed E-state index contributed by atoms with van der Waals surface area (Å²) in [6.45, 7) is 2.76. The minimum Gasteiger partial charge on any atom is -0.480 e. The molecule has 0 aliphatic carbocycles. The first-order valence-electron chi connectivity index (χ1n) is 7.62. The second-order valence-corrected chi connectivity index (χ2v) is 5.78. The molecule has 0 bridgehead atoms. The van der Waals surface area contributed by atoms with Crippen LogP contribution in [0.15, 0.2) is 30.5 Å². The maximum absolute atomic E-state index is 12.6. The first-order valence-corrected chi connectivity index (χ1v) is 7.62. The number of aromatic amines is 1. The van der Waals surface area contributed by atoms with Gasteiger partial charge in [-0.2, -0.15) is 0 Å². The molecule has 0 aliphatic heterocycles. The molecule has 1 heterocycles. The number of likely N-dealkylation sites (N-methyl/N-ethyl adjacent to an activating group) is 1. The number of benzene rings is 1. The van der Waals surface area contributed by atoms with Crippen LogP contribution in [0.5, 0.6) is 0 Å². The second kappa shape index (κ2) is 7.16. The summed E-state index contributed by atoms with van der Waals surface area (Å²) in [5.74, 6) is -1.88. The zero-order chi connectivity index (χ0) is 17.9. The summed E-state index contributed by atoms with van der Waals surface area (Å²) in [7, 11) is 1.42. The molecule has 24 heavy (non-hydrogen) atoms. The van der Waals surface area contributed by atoms with Crippen molar-refractivity contribution in [1.29, 1.82) is 0 Å². The molecule has 3 N–H and O–H groups in total. The molecule has 128 valence electrons. The fraction of sp³-hybridized carbons (Fsp3) is 0.353. The number of carbonyl (C=O) groups excluding carboxylic acids is 2. The third-order valence-electron chi connectivity index (χ3n) is 4.06. The van der Waals surface area contributed by atoms with Crippen molar-refractivity contribution in [2.75, 3.05) is 7.05 Å². The third kappa shape index (κ3) is 3.73. The van der Waals surface area contributed by atoms with Gasteiger partial charge in [0.25, 0.3) is 0 Å². The number of hydrogen-bond donors (Lipinski definition) is 3. The lowest BCUT2D eigenvalue weighted by Crippen LogP contribution is -2.52. The number of hydrogen-bond acceptors (Lipinski definition) is 3. The average molecular weight is 331 g/mol. The van der Waals surface area contributed by atoms with E-state index in [0.717, 1.165) is 21.4 Å². The predicted molar refractivity (Wildman–Crippen MR) is 89.5 cm³/mol. The van der Waals surface area contributed by atoms with Crippen molar-refractivity contribution in [2.24, 2.45) is 0 Å². The third-order valence-corrected chi connectivity index (χ3v) is 4.06. The van der Waals surface area contributed by atoms with Crippen LogP contribution in [0.1, 0.15) is 19.4 Å². The predicted octanol–water partition coefficient (Wildman–Crippen LogP) is 1.15. The number of H-pyrrole nitrogens is 1. The first-order chi connectivity index (χ1) is 11.3. The van der Waals surface area contributed by atoms with Crippen LogP contribution >= 0.6 is 0 Å². The Labute approximate surface area is 139 Å². The molecule has 7 nitrogen and oxygen atoms in total. The van der Waals surface area contributed by atoms with Gasteiger partial charge in [0.1, 0.15) is 12.1 Å². The van der Waals surface area contributed by atoms with Gasteiger partial charge >= 0.3 is 5.97 Å². The van der Waals surface area contributed by atoms with E-state index >= 15 is 0 Å². The van der Waals surface area contributed by atoms with E-state index in [0.29, 0.717) is 0 Å². The lowest BCUT2D eigenvalue weighted by atomic mass is 10.0. The molecule has 0 spiro atoms. The molecule has 0 radical (unpaired) electrons. The molecule has 1 aromatic heterocycles. The van der Waals surface area contributed by atoms with Gasteiger partial charge < -0.3 is 20.3 Å². The SMILES string of the molecule is CC(=O)NC(Cc1c[nH]c2ccccc12)C(=O)N(C)C(C)C(=O)O. The highest BCUT2D eigenvalue weighted by molar-refractivity contribution is 5.91. The van der Waals surface area contributed by atoms with Crippen LogP contribution in [0.2, 0.25) is 0 Å². The maximum Gasteiger partial charge on any atom is 0.326 e. The van der Waals surface area contributed by atoms with E-state index in [-0.39, 0.29) is 12.3 Å². The normalized spacial score (nSPS) is 13.3. The Morgan fingerprint density at radius 2 is 1.96 bits per heavy atom. The van der Waals surface area contributed by atoms with Crippen molar-refractivity contribution < 1.29 is 19.5 Å². The average Bonchev–Trinajstić information content (AvgIpc) is 2.95. The summed E-state index contributed by atoms with van der Waals surface area (Å²) in [6, 6.07) is 5.85. The lowest BCUT2D eigenvalue weighted by molar-refractivity contribution is -0.149. The molecule has 0 saturated heterocycles. The molecule has 2 aromatic rings. The van der Waals surface area contributed by atoms with Gasteiger partial charge in [-0.3, -0.25) is 9.59 Å². The number of nitrogens with zero attached hydrogens (tertiary/aromatic N) is 1. The van der Waals surface area contributed by atoms with E-state index < -0.39 is 24.0 Å². The number of para-hydroxylation sites is 1. The Morgan fingerprint density at radius 3 is 2.58 bits per heavy atom. The smallest absolute Gasteiger partial charge is 0.326 e. The van der Waals surface area contributed by atoms with Crippen LogP contribution in [0.3, 0.4) is 0 Å². The number of carbonyl (C=O) groups is 3. The summed E-state index contributed by atoms with van der Waals surface area (Å²) in [5, 5.41) is 12.7. The highest BCUT2D eigenvalue weighted by atomic mass is 16.4. The van der Waals surface area contributed by atoms with Gasteiger partial charge in [0, 0.05) is 37.5 Å². The van der Waals surface area contributed by atoms with Crippen LogP contribution in [-0.2, 0) is 20.8 Å². The first kappa shape index (κ1) is 17.5. The van der Waals surface area contributed by atoms with Crippen molar-refractivity contribution in [1.82, 2.24) is 15.2 Å². The second-order valence-electron chi connectivity index (χ2n) is 5.78. The number of rotatable bonds is 6. The summed E-state index contributed by atoms with van der Waals surface area (Å²) < 4.78 is 0.